The summed E-state index contributed by atoms with van der Waals surface area (Å²) in [4.78, 5) is 10.3. The molecule has 68 valence electrons. The van der Waals surface area contributed by atoms with Gasteiger partial charge in [0.05, 0.1) is 5.97 Å². The van der Waals surface area contributed by atoms with Crippen molar-refractivity contribution in [3.05, 3.63) is 35.6 Å². The van der Waals surface area contributed by atoms with Crippen molar-refractivity contribution in [1.82, 2.24) is 0 Å². The molecule has 0 unspecified atom stereocenters. The zero-order valence-electron chi connectivity index (χ0n) is 7.57. The van der Waals surface area contributed by atoms with Gasteiger partial charge in [0.15, 0.2) is 0 Å². The van der Waals surface area contributed by atoms with E-state index in [4.69, 9.17) is 4.74 Å². The molecule has 1 saturated heterocycles. The standard InChI is InChI=1S/C9H7FO3.Na/c10-6-3-1-5(2-4-6)7-8(13-7)9(11)12;/h1-4,7-8H,(H,11,12);/q;+1/p-1/t7-,8+;/m0./s1. The molecule has 14 heavy (non-hydrogen) atoms. The number of benzene rings is 1. The summed E-state index contributed by atoms with van der Waals surface area (Å²) in [7, 11) is 0. The molecule has 1 fully saturated rings. The van der Waals surface area contributed by atoms with Crippen molar-refractivity contribution in [2.45, 2.75) is 12.2 Å². The van der Waals surface area contributed by atoms with Gasteiger partial charge in [0.25, 0.3) is 0 Å². The zero-order chi connectivity index (χ0) is 9.42. The molecule has 0 spiro atoms. The van der Waals surface area contributed by atoms with Crippen LogP contribution in [0.3, 0.4) is 0 Å². The molecule has 1 aliphatic rings. The number of hydrogen-bond acceptors (Lipinski definition) is 3. The quantitative estimate of drug-likeness (QED) is 0.381. The van der Waals surface area contributed by atoms with Crippen molar-refractivity contribution in [3.63, 3.8) is 0 Å². The Morgan fingerprint density at radius 1 is 1.36 bits per heavy atom. The first-order valence-corrected chi connectivity index (χ1v) is 3.80. The van der Waals surface area contributed by atoms with E-state index < -0.39 is 18.2 Å². The Kier molecular flexibility index (Phi) is 3.66. The van der Waals surface area contributed by atoms with E-state index in [-0.39, 0.29) is 35.4 Å². The first-order chi connectivity index (χ1) is 6.18. The van der Waals surface area contributed by atoms with Crippen LogP contribution in [0, 0.1) is 5.82 Å². The summed E-state index contributed by atoms with van der Waals surface area (Å²) < 4.78 is 17.3. The smallest absolute Gasteiger partial charge is 0.547 e. The first-order valence-electron chi connectivity index (χ1n) is 3.80. The molecular formula is C9H6FNaO3. The molecule has 0 amide bonds. The van der Waals surface area contributed by atoms with Crippen molar-refractivity contribution < 1.29 is 48.6 Å². The predicted octanol–water partition coefficient (Wildman–Crippen LogP) is -2.98. The Morgan fingerprint density at radius 2 is 1.93 bits per heavy atom. The summed E-state index contributed by atoms with van der Waals surface area (Å²) >= 11 is 0. The Morgan fingerprint density at radius 3 is 2.36 bits per heavy atom. The fraction of sp³-hybridized carbons (Fsp3) is 0.222. The maximum Gasteiger partial charge on any atom is 1.00 e. The molecule has 0 bridgehead atoms. The molecule has 5 heteroatoms. The minimum Gasteiger partial charge on any atom is -0.547 e. The predicted molar refractivity (Wildman–Crippen MR) is 39.0 cm³/mol. The van der Waals surface area contributed by atoms with Gasteiger partial charge in [0, 0.05) is 0 Å². The molecule has 0 radical (unpaired) electrons. The SMILES string of the molecule is O=C([O-])[C@@H]1O[C@H]1c1ccc(F)cc1.[Na+]. The monoisotopic (exact) mass is 204 g/mol. The summed E-state index contributed by atoms with van der Waals surface area (Å²) in [6.07, 6.45) is -1.34. The Bertz CT molecular complexity index is 338. The molecule has 1 aromatic carbocycles. The van der Waals surface area contributed by atoms with Crippen molar-refractivity contribution >= 4 is 5.97 Å². The van der Waals surface area contributed by atoms with Crippen LogP contribution in [-0.4, -0.2) is 12.1 Å². The van der Waals surface area contributed by atoms with Gasteiger partial charge in [0.2, 0.25) is 0 Å². The molecule has 0 aromatic heterocycles. The van der Waals surface area contributed by atoms with Crippen LogP contribution in [0.15, 0.2) is 24.3 Å². The molecule has 0 aliphatic carbocycles. The fourth-order valence-corrected chi connectivity index (χ4v) is 1.20. The third kappa shape index (κ3) is 2.33. The van der Waals surface area contributed by atoms with Crippen LogP contribution in [0.2, 0.25) is 0 Å². The van der Waals surface area contributed by atoms with Gasteiger partial charge in [-0.15, -0.1) is 0 Å². The Labute approximate surface area is 102 Å². The van der Waals surface area contributed by atoms with E-state index in [0.29, 0.717) is 5.56 Å². The number of halogens is 1. The number of epoxide rings is 1. The Hall–Kier alpha value is -0.420. The topological polar surface area (TPSA) is 52.7 Å². The van der Waals surface area contributed by atoms with Crippen LogP contribution in [0.25, 0.3) is 0 Å². The van der Waals surface area contributed by atoms with Crippen LogP contribution in [0.1, 0.15) is 11.7 Å². The van der Waals surface area contributed by atoms with E-state index in [1.54, 1.807) is 0 Å². The van der Waals surface area contributed by atoms with E-state index in [2.05, 4.69) is 0 Å². The van der Waals surface area contributed by atoms with Gasteiger partial charge in [-0.2, -0.15) is 0 Å². The summed E-state index contributed by atoms with van der Waals surface area (Å²) in [5.41, 5.74) is 0.663. The summed E-state index contributed by atoms with van der Waals surface area (Å²) in [6.45, 7) is 0. The minimum atomic E-state index is -1.23. The van der Waals surface area contributed by atoms with Crippen molar-refractivity contribution in [2.24, 2.45) is 0 Å². The average Bonchev–Trinajstić information content (AvgIpc) is 2.85. The number of carboxylic acid groups (broad SMARTS) is 1. The third-order valence-electron chi connectivity index (χ3n) is 1.92. The molecule has 0 N–H and O–H groups in total. The third-order valence-corrected chi connectivity index (χ3v) is 1.92. The molecular weight excluding hydrogens is 198 g/mol. The van der Waals surface area contributed by atoms with Gasteiger partial charge in [0.1, 0.15) is 18.0 Å². The van der Waals surface area contributed by atoms with Crippen LogP contribution in [0.5, 0.6) is 0 Å². The maximum atomic E-state index is 12.5. The van der Waals surface area contributed by atoms with E-state index in [0.717, 1.165) is 0 Å². The van der Waals surface area contributed by atoms with E-state index in [1.165, 1.54) is 24.3 Å². The second-order valence-corrected chi connectivity index (χ2v) is 2.85. The number of carbonyl (C=O) groups is 1. The van der Waals surface area contributed by atoms with Crippen LogP contribution in [0.4, 0.5) is 4.39 Å². The summed E-state index contributed by atoms with van der Waals surface area (Å²) in [5.74, 6) is -1.58. The summed E-state index contributed by atoms with van der Waals surface area (Å²) in [6, 6.07) is 5.54. The molecule has 1 heterocycles. The van der Waals surface area contributed by atoms with Crippen LogP contribution >= 0.6 is 0 Å². The average molecular weight is 204 g/mol. The normalized spacial score (nSPS) is 23.8. The Balaban J connectivity index is 0.000000980. The molecule has 1 aromatic rings. The fourth-order valence-electron chi connectivity index (χ4n) is 1.20. The maximum absolute atomic E-state index is 12.5. The first kappa shape index (κ1) is 11.7. The zero-order valence-corrected chi connectivity index (χ0v) is 9.57. The largest absolute Gasteiger partial charge is 1.00 e. The number of rotatable bonds is 2. The van der Waals surface area contributed by atoms with E-state index >= 15 is 0 Å². The molecule has 0 saturated carbocycles. The van der Waals surface area contributed by atoms with Gasteiger partial charge in [-0.1, -0.05) is 12.1 Å². The van der Waals surface area contributed by atoms with Crippen molar-refractivity contribution in [2.75, 3.05) is 0 Å². The van der Waals surface area contributed by atoms with Crippen molar-refractivity contribution in [1.29, 1.82) is 0 Å². The van der Waals surface area contributed by atoms with E-state index in [1.807, 2.05) is 0 Å². The van der Waals surface area contributed by atoms with Gasteiger partial charge >= 0.3 is 29.6 Å². The summed E-state index contributed by atoms with van der Waals surface area (Å²) in [5, 5.41) is 10.3. The second-order valence-electron chi connectivity index (χ2n) is 2.85. The van der Waals surface area contributed by atoms with Gasteiger partial charge in [-0.25, -0.2) is 4.39 Å². The number of carboxylic acids is 1. The minimum absolute atomic E-state index is 0. The molecule has 2 rings (SSSR count). The van der Waals surface area contributed by atoms with Gasteiger partial charge in [-0.05, 0) is 17.7 Å². The number of carbonyl (C=O) groups excluding carboxylic acids is 1. The molecule has 2 atom stereocenters. The van der Waals surface area contributed by atoms with Gasteiger partial charge in [-0.3, -0.25) is 0 Å². The molecule has 1 aliphatic heterocycles. The van der Waals surface area contributed by atoms with Crippen LogP contribution < -0.4 is 34.7 Å². The number of aliphatic carboxylic acids is 1. The van der Waals surface area contributed by atoms with E-state index in [9.17, 15) is 14.3 Å². The second kappa shape index (κ2) is 4.40. The van der Waals surface area contributed by atoms with Gasteiger partial charge < -0.3 is 14.6 Å². The number of hydrogen-bond donors (Lipinski definition) is 0. The number of ether oxygens (including phenoxy) is 1. The van der Waals surface area contributed by atoms with Crippen LogP contribution in [-0.2, 0) is 9.53 Å². The molecule has 3 nitrogen and oxygen atoms in total. The van der Waals surface area contributed by atoms with Crippen molar-refractivity contribution in [3.8, 4) is 0 Å².